The number of carbonyl (C=O) groups is 1. The van der Waals surface area contributed by atoms with E-state index < -0.39 is 0 Å². The third-order valence-corrected chi connectivity index (χ3v) is 6.78. The van der Waals surface area contributed by atoms with Crippen LogP contribution in [0.15, 0.2) is 34.9 Å². The van der Waals surface area contributed by atoms with Crippen LogP contribution in [0.2, 0.25) is 0 Å². The summed E-state index contributed by atoms with van der Waals surface area (Å²) in [4.78, 5) is 22.3. The quantitative estimate of drug-likeness (QED) is 0.664. The Kier molecular flexibility index (Phi) is 5.94. The van der Waals surface area contributed by atoms with Gasteiger partial charge in [-0.15, -0.1) is 11.3 Å². The van der Waals surface area contributed by atoms with Crippen molar-refractivity contribution in [2.45, 2.75) is 39.3 Å². The summed E-state index contributed by atoms with van der Waals surface area (Å²) >= 11 is 1.77. The molecule has 154 valence electrons. The molecular weight excluding hydrogens is 386 g/mol. The fraction of sp³-hybridized carbons (Fsp3) is 0.476. The highest BCUT2D eigenvalue weighted by molar-refractivity contribution is 7.18. The van der Waals surface area contributed by atoms with Crippen molar-refractivity contribution in [3.8, 4) is 0 Å². The predicted molar refractivity (Wildman–Crippen MR) is 115 cm³/mol. The zero-order chi connectivity index (χ0) is 20.4. The lowest BCUT2D eigenvalue weighted by Crippen LogP contribution is -2.53. The lowest BCUT2D eigenvalue weighted by molar-refractivity contribution is -0.122. The average Bonchev–Trinajstić information content (AvgIpc) is 3.34. The molecule has 1 aliphatic rings. The van der Waals surface area contributed by atoms with Gasteiger partial charge >= 0.3 is 0 Å². The van der Waals surface area contributed by atoms with Crippen LogP contribution in [-0.2, 0) is 4.79 Å². The zero-order valence-corrected chi connectivity index (χ0v) is 17.9. The number of aromatic nitrogens is 2. The molecule has 1 fully saturated rings. The number of thiazole rings is 1. The van der Waals surface area contributed by atoms with Gasteiger partial charge in [0.15, 0.2) is 5.82 Å². The van der Waals surface area contributed by atoms with Crippen molar-refractivity contribution < 1.29 is 9.32 Å². The summed E-state index contributed by atoms with van der Waals surface area (Å²) in [5, 5.41) is 7.90. The molecule has 0 radical (unpaired) electrons. The van der Waals surface area contributed by atoms with E-state index in [9.17, 15) is 4.79 Å². The van der Waals surface area contributed by atoms with Crippen LogP contribution in [0, 0.1) is 6.92 Å². The van der Waals surface area contributed by atoms with Crippen LogP contribution < -0.4 is 5.32 Å². The second-order valence-corrected chi connectivity index (χ2v) is 8.57. The lowest BCUT2D eigenvalue weighted by atomic mass is 10.1. The molecule has 1 N–H and O–H groups in total. The van der Waals surface area contributed by atoms with Crippen LogP contribution in [0.1, 0.15) is 37.1 Å². The molecule has 0 saturated carbocycles. The smallest absolute Gasteiger partial charge is 0.242 e. The Labute approximate surface area is 174 Å². The van der Waals surface area contributed by atoms with Crippen LogP contribution in [0.25, 0.3) is 10.2 Å². The van der Waals surface area contributed by atoms with E-state index in [1.165, 1.54) is 4.70 Å². The summed E-state index contributed by atoms with van der Waals surface area (Å²) in [6.07, 6.45) is 0.760. The fourth-order valence-corrected chi connectivity index (χ4v) is 4.96. The monoisotopic (exact) mass is 413 g/mol. The molecule has 3 aromatic rings. The first-order valence-corrected chi connectivity index (χ1v) is 10.9. The highest BCUT2D eigenvalue weighted by Gasteiger charge is 2.30. The largest absolute Gasteiger partial charge is 0.360 e. The molecule has 0 spiro atoms. The Balaban J connectivity index is 1.36. The Morgan fingerprint density at radius 1 is 1.24 bits per heavy atom. The van der Waals surface area contributed by atoms with E-state index in [0.29, 0.717) is 11.6 Å². The van der Waals surface area contributed by atoms with Gasteiger partial charge in [0.1, 0.15) is 10.8 Å². The lowest BCUT2D eigenvalue weighted by Gasteiger charge is -2.40. The molecule has 2 atom stereocenters. The van der Waals surface area contributed by atoms with E-state index in [4.69, 9.17) is 9.51 Å². The number of nitrogens with zero attached hydrogens (tertiary/aromatic N) is 4. The number of hydrogen-bond donors (Lipinski definition) is 1. The van der Waals surface area contributed by atoms with Gasteiger partial charge in [0.2, 0.25) is 5.91 Å². The number of carbonyl (C=O) groups excluding carboxylic acids is 1. The molecule has 8 heteroatoms. The van der Waals surface area contributed by atoms with E-state index in [2.05, 4.69) is 52.3 Å². The molecule has 7 nitrogen and oxygen atoms in total. The highest BCUT2D eigenvalue weighted by atomic mass is 32.1. The maximum absolute atomic E-state index is 12.7. The number of fused-ring (bicyclic) bond motifs is 1. The van der Waals surface area contributed by atoms with Crippen molar-refractivity contribution in [3.63, 3.8) is 0 Å². The molecule has 0 unspecified atom stereocenters. The van der Waals surface area contributed by atoms with Crippen molar-refractivity contribution in [2.24, 2.45) is 0 Å². The van der Waals surface area contributed by atoms with Crippen LogP contribution in [0.3, 0.4) is 0 Å². The molecule has 1 aromatic carbocycles. The Morgan fingerprint density at radius 3 is 2.62 bits per heavy atom. The van der Waals surface area contributed by atoms with Gasteiger partial charge in [-0.1, -0.05) is 24.2 Å². The first-order valence-electron chi connectivity index (χ1n) is 10.1. The number of aryl methyl sites for hydroxylation is 1. The number of nitrogens with one attached hydrogen (secondary N) is 1. The van der Waals surface area contributed by atoms with Crippen molar-refractivity contribution in [2.75, 3.05) is 31.5 Å². The molecule has 4 rings (SSSR count). The highest BCUT2D eigenvalue weighted by Crippen LogP contribution is 2.30. The van der Waals surface area contributed by atoms with Gasteiger partial charge in [-0.25, -0.2) is 4.98 Å². The molecular formula is C21H27N5O2S. The average molecular weight is 414 g/mol. The Hall–Kier alpha value is -2.29. The summed E-state index contributed by atoms with van der Waals surface area (Å²) < 4.78 is 6.27. The summed E-state index contributed by atoms with van der Waals surface area (Å²) in [6, 6.07) is 10.1. The minimum Gasteiger partial charge on any atom is -0.360 e. The molecule has 0 bridgehead atoms. The van der Waals surface area contributed by atoms with Gasteiger partial charge in [-0.3, -0.25) is 14.6 Å². The third-order valence-electron chi connectivity index (χ3n) is 5.57. The number of rotatable bonds is 6. The SMILES string of the molecule is CC[C@@H](C(=O)Nc1cc(C)on1)N1CCN([C@H](C)c2nc3ccccc3s2)CC1. The fourth-order valence-electron chi connectivity index (χ4n) is 3.91. The summed E-state index contributed by atoms with van der Waals surface area (Å²) in [5.74, 6) is 1.15. The van der Waals surface area contributed by atoms with E-state index in [0.717, 1.165) is 43.1 Å². The van der Waals surface area contributed by atoms with Gasteiger partial charge in [0, 0.05) is 32.2 Å². The van der Waals surface area contributed by atoms with Crippen molar-refractivity contribution >= 4 is 33.3 Å². The van der Waals surface area contributed by atoms with Crippen molar-refractivity contribution in [1.29, 1.82) is 0 Å². The molecule has 1 aliphatic heterocycles. The number of para-hydroxylation sites is 1. The minimum absolute atomic E-state index is 0.0199. The van der Waals surface area contributed by atoms with Gasteiger partial charge in [0.05, 0.1) is 22.3 Å². The van der Waals surface area contributed by atoms with E-state index >= 15 is 0 Å². The first kappa shape index (κ1) is 20.0. The maximum atomic E-state index is 12.7. The van der Waals surface area contributed by atoms with Crippen molar-refractivity contribution in [3.05, 3.63) is 41.1 Å². The van der Waals surface area contributed by atoms with E-state index in [1.807, 2.05) is 13.0 Å². The van der Waals surface area contributed by atoms with Gasteiger partial charge in [-0.2, -0.15) is 0 Å². The number of amides is 1. The Bertz CT molecular complexity index is 943. The normalized spacial score (nSPS) is 18.0. The second-order valence-electron chi connectivity index (χ2n) is 7.50. The molecule has 0 aliphatic carbocycles. The zero-order valence-electron chi connectivity index (χ0n) is 17.1. The van der Waals surface area contributed by atoms with Gasteiger partial charge in [0.25, 0.3) is 0 Å². The van der Waals surface area contributed by atoms with E-state index in [1.54, 1.807) is 17.4 Å². The van der Waals surface area contributed by atoms with Crippen molar-refractivity contribution in [1.82, 2.24) is 19.9 Å². The third kappa shape index (κ3) is 4.34. The molecule has 2 aromatic heterocycles. The topological polar surface area (TPSA) is 74.5 Å². The summed E-state index contributed by atoms with van der Waals surface area (Å²) in [6.45, 7) is 9.65. The number of piperazine rings is 1. The van der Waals surface area contributed by atoms with Crippen LogP contribution >= 0.6 is 11.3 Å². The van der Waals surface area contributed by atoms with E-state index in [-0.39, 0.29) is 18.0 Å². The van der Waals surface area contributed by atoms with Crippen LogP contribution in [0.4, 0.5) is 5.82 Å². The number of anilines is 1. The predicted octanol–water partition coefficient (Wildman–Crippen LogP) is 3.69. The maximum Gasteiger partial charge on any atom is 0.242 e. The minimum atomic E-state index is -0.160. The van der Waals surface area contributed by atoms with Gasteiger partial charge < -0.3 is 9.84 Å². The molecule has 3 heterocycles. The van der Waals surface area contributed by atoms with Crippen LogP contribution in [-0.4, -0.2) is 58.1 Å². The van der Waals surface area contributed by atoms with Crippen LogP contribution in [0.5, 0.6) is 0 Å². The number of benzene rings is 1. The number of hydrogen-bond acceptors (Lipinski definition) is 7. The molecule has 1 saturated heterocycles. The molecule has 29 heavy (non-hydrogen) atoms. The first-order chi connectivity index (χ1) is 14.0. The molecule has 1 amide bonds. The summed E-state index contributed by atoms with van der Waals surface area (Å²) in [5.41, 5.74) is 1.07. The Morgan fingerprint density at radius 2 is 1.97 bits per heavy atom. The standard InChI is InChI=1S/C21H27N5O2S/c1-4-17(20(27)23-19-13-14(2)28-24-19)26-11-9-25(10-12-26)15(3)21-22-16-7-5-6-8-18(16)29-21/h5-8,13,15,17H,4,9-12H2,1-3H3,(H,23,24,27)/t15-,17+/m1/s1. The summed E-state index contributed by atoms with van der Waals surface area (Å²) in [7, 11) is 0. The second kappa shape index (κ2) is 8.61. The van der Waals surface area contributed by atoms with Gasteiger partial charge in [-0.05, 0) is 32.4 Å².